The largest absolute Gasteiger partial charge is 0.382 e. The Morgan fingerprint density at radius 2 is 2.05 bits per heavy atom. The number of hydrogen-bond acceptors (Lipinski definition) is 6. The molecule has 2 N–H and O–H groups in total. The number of nitrogen functional groups attached to an aromatic ring is 1. The van der Waals surface area contributed by atoms with Crippen molar-refractivity contribution in [2.24, 2.45) is 0 Å². The topological polar surface area (TPSA) is 117 Å². The van der Waals surface area contributed by atoms with Gasteiger partial charge in [-0.05, 0) is 0 Å². The SMILES string of the molecule is N#CCc1nn(-c2nncc3ccccc23)c(N)c1C#N. The first-order chi connectivity index (χ1) is 10.3. The van der Waals surface area contributed by atoms with Crippen LogP contribution in [0.3, 0.4) is 0 Å². The second-order valence-electron chi connectivity index (χ2n) is 4.32. The molecule has 1 aromatic carbocycles. The van der Waals surface area contributed by atoms with Crippen molar-refractivity contribution in [3.8, 4) is 18.0 Å². The smallest absolute Gasteiger partial charge is 0.185 e. The van der Waals surface area contributed by atoms with E-state index in [9.17, 15) is 5.26 Å². The molecular weight excluding hydrogens is 266 g/mol. The van der Waals surface area contributed by atoms with Gasteiger partial charge < -0.3 is 5.73 Å². The minimum Gasteiger partial charge on any atom is -0.382 e. The van der Waals surface area contributed by atoms with Gasteiger partial charge in [0.05, 0.1) is 24.4 Å². The Balaban J connectivity index is 2.30. The normalized spacial score (nSPS) is 10.2. The van der Waals surface area contributed by atoms with E-state index in [2.05, 4.69) is 15.3 Å². The van der Waals surface area contributed by atoms with Crippen LogP contribution in [0.5, 0.6) is 0 Å². The third-order valence-corrected chi connectivity index (χ3v) is 3.10. The van der Waals surface area contributed by atoms with Crippen molar-refractivity contribution in [1.29, 1.82) is 10.5 Å². The number of nitrogens with two attached hydrogens (primary N) is 1. The summed E-state index contributed by atoms with van der Waals surface area (Å²) in [6.45, 7) is 0. The Morgan fingerprint density at radius 1 is 1.24 bits per heavy atom. The minimum absolute atomic E-state index is 0.0122. The highest BCUT2D eigenvalue weighted by Gasteiger charge is 2.18. The van der Waals surface area contributed by atoms with Gasteiger partial charge in [0.25, 0.3) is 0 Å². The molecule has 0 saturated carbocycles. The van der Waals surface area contributed by atoms with Crippen molar-refractivity contribution in [2.75, 3.05) is 5.73 Å². The molecule has 0 saturated heterocycles. The number of rotatable bonds is 2. The number of nitriles is 2. The first-order valence-corrected chi connectivity index (χ1v) is 6.11. The predicted octanol–water partition coefficient (Wildman–Crippen LogP) is 1.34. The van der Waals surface area contributed by atoms with Gasteiger partial charge in [0.2, 0.25) is 0 Å². The number of benzene rings is 1. The molecule has 3 rings (SSSR count). The molecule has 100 valence electrons. The maximum absolute atomic E-state index is 9.17. The number of aromatic nitrogens is 4. The van der Waals surface area contributed by atoms with Crippen molar-refractivity contribution in [2.45, 2.75) is 6.42 Å². The number of hydrogen-bond donors (Lipinski definition) is 1. The fourth-order valence-electron chi connectivity index (χ4n) is 2.13. The summed E-state index contributed by atoms with van der Waals surface area (Å²) in [7, 11) is 0. The average molecular weight is 275 g/mol. The van der Waals surface area contributed by atoms with Crippen LogP contribution in [-0.2, 0) is 6.42 Å². The third-order valence-electron chi connectivity index (χ3n) is 3.10. The monoisotopic (exact) mass is 275 g/mol. The molecule has 7 heteroatoms. The molecule has 2 heterocycles. The molecule has 0 bridgehead atoms. The first-order valence-electron chi connectivity index (χ1n) is 6.11. The van der Waals surface area contributed by atoms with Crippen LogP contribution in [-0.4, -0.2) is 20.0 Å². The second kappa shape index (κ2) is 4.91. The highest BCUT2D eigenvalue weighted by Crippen LogP contribution is 2.24. The van der Waals surface area contributed by atoms with E-state index in [0.29, 0.717) is 11.5 Å². The summed E-state index contributed by atoms with van der Waals surface area (Å²) in [5.41, 5.74) is 6.51. The van der Waals surface area contributed by atoms with Crippen LogP contribution in [0, 0.1) is 22.7 Å². The Kier molecular flexibility index (Phi) is 2.94. The molecule has 0 fully saturated rings. The molecule has 2 aromatic heterocycles. The van der Waals surface area contributed by atoms with Gasteiger partial charge in [0.1, 0.15) is 17.5 Å². The highest BCUT2D eigenvalue weighted by molar-refractivity contribution is 5.88. The van der Waals surface area contributed by atoms with Crippen LogP contribution in [0.4, 0.5) is 5.82 Å². The predicted molar refractivity (Wildman–Crippen MR) is 75.1 cm³/mol. The molecule has 0 atom stereocenters. The second-order valence-corrected chi connectivity index (χ2v) is 4.32. The van der Waals surface area contributed by atoms with Crippen LogP contribution in [0.1, 0.15) is 11.3 Å². The minimum atomic E-state index is 0.0122. The zero-order valence-corrected chi connectivity index (χ0v) is 10.9. The Hall–Kier alpha value is -3.45. The van der Waals surface area contributed by atoms with Gasteiger partial charge in [-0.15, -0.1) is 5.10 Å². The van der Waals surface area contributed by atoms with Crippen molar-refractivity contribution in [1.82, 2.24) is 20.0 Å². The van der Waals surface area contributed by atoms with Gasteiger partial charge in [0.15, 0.2) is 5.82 Å². The maximum Gasteiger partial charge on any atom is 0.185 e. The molecule has 0 unspecified atom stereocenters. The van der Waals surface area contributed by atoms with E-state index in [1.165, 1.54) is 4.68 Å². The van der Waals surface area contributed by atoms with Crippen LogP contribution in [0.2, 0.25) is 0 Å². The summed E-state index contributed by atoms with van der Waals surface area (Å²) in [4.78, 5) is 0. The lowest BCUT2D eigenvalue weighted by Crippen LogP contribution is -2.06. The van der Waals surface area contributed by atoms with Crippen molar-refractivity contribution >= 4 is 16.6 Å². The van der Waals surface area contributed by atoms with Crippen molar-refractivity contribution in [3.05, 3.63) is 41.7 Å². The lowest BCUT2D eigenvalue weighted by molar-refractivity contribution is 0.816. The Bertz CT molecular complexity index is 906. The van der Waals surface area contributed by atoms with Gasteiger partial charge in [0, 0.05) is 10.8 Å². The van der Waals surface area contributed by atoms with E-state index in [4.69, 9.17) is 11.0 Å². The zero-order chi connectivity index (χ0) is 14.8. The van der Waals surface area contributed by atoms with E-state index in [1.54, 1.807) is 6.20 Å². The Morgan fingerprint density at radius 3 is 2.81 bits per heavy atom. The van der Waals surface area contributed by atoms with Crippen molar-refractivity contribution in [3.63, 3.8) is 0 Å². The molecule has 0 aliphatic rings. The van der Waals surface area contributed by atoms with E-state index in [1.807, 2.05) is 36.4 Å². The number of nitrogens with zero attached hydrogens (tertiary/aromatic N) is 6. The number of fused-ring (bicyclic) bond motifs is 1. The zero-order valence-electron chi connectivity index (χ0n) is 10.9. The molecule has 0 radical (unpaired) electrons. The van der Waals surface area contributed by atoms with Gasteiger partial charge in [-0.25, -0.2) is 0 Å². The molecular formula is C14H9N7. The third kappa shape index (κ3) is 1.94. The summed E-state index contributed by atoms with van der Waals surface area (Å²) >= 11 is 0. The summed E-state index contributed by atoms with van der Waals surface area (Å²) < 4.78 is 1.36. The lowest BCUT2D eigenvalue weighted by atomic mass is 10.2. The summed E-state index contributed by atoms with van der Waals surface area (Å²) in [5.74, 6) is 0.597. The van der Waals surface area contributed by atoms with Gasteiger partial charge >= 0.3 is 0 Å². The molecule has 21 heavy (non-hydrogen) atoms. The van der Waals surface area contributed by atoms with E-state index < -0.39 is 0 Å². The van der Waals surface area contributed by atoms with Crippen LogP contribution < -0.4 is 5.73 Å². The fraction of sp³-hybridized carbons (Fsp3) is 0.0714. The molecule has 0 spiro atoms. The molecule has 3 aromatic rings. The summed E-state index contributed by atoms with van der Waals surface area (Å²) in [6, 6.07) is 11.5. The first kappa shape index (κ1) is 12.6. The lowest BCUT2D eigenvalue weighted by Gasteiger charge is -2.05. The van der Waals surface area contributed by atoms with E-state index >= 15 is 0 Å². The van der Waals surface area contributed by atoms with Crippen LogP contribution in [0.15, 0.2) is 30.5 Å². The van der Waals surface area contributed by atoms with Gasteiger partial charge in [-0.3, -0.25) is 0 Å². The highest BCUT2D eigenvalue weighted by atomic mass is 15.4. The standard InChI is InChI=1S/C14H9N7/c15-6-5-12-11(7-16)13(17)21(20-12)14-10-4-2-1-3-9(10)8-18-19-14/h1-4,8H,5,17H2. The molecule has 0 aliphatic heterocycles. The fourth-order valence-corrected chi connectivity index (χ4v) is 2.13. The van der Waals surface area contributed by atoms with Crippen molar-refractivity contribution < 1.29 is 0 Å². The molecule has 7 nitrogen and oxygen atoms in total. The summed E-state index contributed by atoms with van der Waals surface area (Å²) in [5, 5.41) is 31.9. The van der Waals surface area contributed by atoms with Crippen LogP contribution in [0.25, 0.3) is 16.6 Å². The Labute approximate surface area is 119 Å². The van der Waals surface area contributed by atoms with Gasteiger partial charge in [-0.1, -0.05) is 24.3 Å². The number of anilines is 1. The maximum atomic E-state index is 9.17. The molecule has 0 amide bonds. The van der Waals surface area contributed by atoms with Gasteiger partial charge in [-0.2, -0.15) is 25.4 Å². The van der Waals surface area contributed by atoms with Crippen LogP contribution >= 0.6 is 0 Å². The van der Waals surface area contributed by atoms with E-state index in [-0.39, 0.29) is 17.8 Å². The van der Waals surface area contributed by atoms with E-state index in [0.717, 1.165) is 10.8 Å². The quantitative estimate of drug-likeness (QED) is 0.754. The summed E-state index contributed by atoms with van der Waals surface area (Å²) in [6.07, 6.45) is 1.65. The molecule has 0 aliphatic carbocycles. The average Bonchev–Trinajstić information content (AvgIpc) is 2.83.